The highest BCUT2D eigenvalue weighted by Gasteiger charge is 2.36. The van der Waals surface area contributed by atoms with Crippen LogP contribution in [0, 0.1) is 6.92 Å². The predicted octanol–water partition coefficient (Wildman–Crippen LogP) is 2.31. The van der Waals surface area contributed by atoms with E-state index in [1.165, 1.54) is 0 Å². The number of benzene rings is 1. The van der Waals surface area contributed by atoms with Crippen LogP contribution in [-0.4, -0.2) is 18.6 Å². The van der Waals surface area contributed by atoms with Gasteiger partial charge in [-0.1, -0.05) is 25.0 Å². The van der Waals surface area contributed by atoms with Crippen molar-refractivity contribution in [1.82, 2.24) is 5.32 Å². The van der Waals surface area contributed by atoms with Gasteiger partial charge in [0, 0.05) is 12.1 Å². The Kier molecular flexibility index (Phi) is 5.84. The number of rotatable bonds is 4. The number of nitrogens with one attached hydrogen (secondary N) is 1. The van der Waals surface area contributed by atoms with Crippen molar-refractivity contribution in [2.45, 2.75) is 44.7 Å². The smallest absolute Gasteiger partial charge is 0.240 e. The summed E-state index contributed by atoms with van der Waals surface area (Å²) in [5.41, 5.74) is 7.56. The van der Waals surface area contributed by atoms with Crippen LogP contribution < -0.4 is 15.8 Å². The Labute approximate surface area is 126 Å². The number of nitrogens with two attached hydrogens (primary N) is 1. The largest absolute Gasteiger partial charge is 0.496 e. The molecule has 20 heavy (non-hydrogen) atoms. The highest BCUT2D eigenvalue weighted by Crippen LogP contribution is 2.27. The molecule has 0 aromatic heterocycles. The Morgan fingerprint density at radius 2 is 2.05 bits per heavy atom. The molecule has 1 saturated carbocycles. The molecule has 3 N–H and O–H groups in total. The molecule has 1 amide bonds. The highest BCUT2D eigenvalue weighted by molar-refractivity contribution is 5.86. The molecule has 0 heterocycles. The van der Waals surface area contributed by atoms with Crippen LogP contribution in [0.3, 0.4) is 0 Å². The molecule has 0 unspecified atom stereocenters. The Balaban J connectivity index is 0.00000200. The average molecular weight is 299 g/mol. The molecule has 0 aliphatic heterocycles. The number of amides is 1. The zero-order valence-electron chi connectivity index (χ0n) is 12.1. The van der Waals surface area contributed by atoms with E-state index in [9.17, 15) is 4.79 Å². The summed E-state index contributed by atoms with van der Waals surface area (Å²) in [6.07, 6.45) is 3.64. The quantitative estimate of drug-likeness (QED) is 0.896. The van der Waals surface area contributed by atoms with Gasteiger partial charge in [0.05, 0.1) is 12.6 Å². The minimum absolute atomic E-state index is 0. The molecule has 0 spiro atoms. The minimum Gasteiger partial charge on any atom is -0.496 e. The molecule has 4 nitrogen and oxygen atoms in total. The fourth-order valence-corrected chi connectivity index (χ4v) is 2.58. The lowest BCUT2D eigenvalue weighted by Crippen LogP contribution is -2.51. The van der Waals surface area contributed by atoms with Crippen molar-refractivity contribution in [2.75, 3.05) is 7.11 Å². The van der Waals surface area contributed by atoms with E-state index in [0.717, 1.165) is 42.6 Å². The van der Waals surface area contributed by atoms with E-state index in [4.69, 9.17) is 10.5 Å². The molecule has 5 heteroatoms. The van der Waals surface area contributed by atoms with E-state index < -0.39 is 5.54 Å². The molecule has 2 rings (SSSR count). The zero-order valence-corrected chi connectivity index (χ0v) is 12.9. The topological polar surface area (TPSA) is 64.3 Å². The summed E-state index contributed by atoms with van der Waals surface area (Å²) in [7, 11) is 1.64. The van der Waals surface area contributed by atoms with Gasteiger partial charge in [-0.05, 0) is 31.4 Å². The third-order valence-corrected chi connectivity index (χ3v) is 3.83. The molecular weight excluding hydrogens is 276 g/mol. The van der Waals surface area contributed by atoms with Crippen molar-refractivity contribution in [3.63, 3.8) is 0 Å². The second kappa shape index (κ2) is 6.95. The van der Waals surface area contributed by atoms with Gasteiger partial charge in [-0.2, -0.15) is 0 Å². The fraction of sp³-hybridized carbons (Fsp3) is 0.533. The lowest BCUT2D eigenvalue weighted by molar-refractivity contribution is -0.126. The van der Waals surface area contributed by atoms with Gasteiger partial charge in [-0.3, -0.25) is 4.79 Å². The molecule has 1 fully saturated rings. The molecule has 1 aliphatic carbocycles. The summed E-state index contributed by atoms with van der Waals surface area (Å²) in [5, 5.41) is 2.93. The fourth-order valence-electron chi connectivity index (χ4n) is 2.58. The standard InChI is InChI=1S/C15H22N2O2.ClH/c1-11-5-6-12(13(9-11)19-2)10-17-14(18)15(16)7-3-4-8-15;/h5-6,9H,3-4,7-8,10,16H2,1-2H3,(H,17,18);1H. The molecule has 112 valence electrons. The molecule has 0 radical (unpaired) electrons. The van der Waals surface area contributed by atoms with Crippen LogP contribution in [-0.2, 0) is 11.3 Å². The van der Waals surface area contributed by atoms with Gasteiger partial charge >= 0.3 is 0 Å². The predicted molar refractivity (Wildman–Crippen MR) is 82.2 cm³/mol. The number of ether oxygens (including phenoxy) is 1. The van der Waals surface area contributed by atoms with Gasteiger partial charge < -0.3 is 15.8 Å². The third kappa shape index (κ3) is 3.64. The summed E-state index contributed by atoms with van der Waals surface area (Å²) in [5.74, 6) is 0.755. The lowest BCUT2D eigenvalue weighted by Gasteiger charge is -2.22. The molecule has 0 atom stereocenters. The number of hydrogen-bond acceptors (Lipinski definition) is 3. The zero-order chi connectivity index (χ0) is 13.9. The number of carbonyl (C=O) groups excluding carboxylic acids is 1. The third-order valence-electron chi connectivity index (χ3n) is 3.83. The Hall–Kier alpha value is -1.26. The minimum atomic E-state index is -0.669. The van der Waals surface area contributed by atoms with Gasteiger partial charge in [0.2, 0.25) is 5.91 Å². The van der Waals surface area contributed by atoms with Crippen molar-refractivity contribution >= 4 is 18.3 Å². The van der Waals surface area contributed by atoms with Crippen LogP contribution in [0.15, 0.2) is 18.2 Å². The summed E-state index contributed by atoms with van der Waals surface area (Å²) in [4.78, 5) is 12.1. The molecule has 1 aromatic carbocycles. The van der Waals surface area contributed by atoms with E-state index in [1.54, 1.807) is 7.11 Å². The van der Waals surface area contributed by atoms with Gasteiger partial charge in [0.25, 0.3) is 0 Å². The van der Waals surface area contributed by atoms with E-state index in [2.05, 4.69) is 5.32 Å². The van der Waals surface area contributed by atoms with Gasteiger partial charge in [0.15, 0.2) is 0 Å². The Morgan fingerprint density at radius 1 is 1.40 bits per heavy atom. The van der Waals surface area contributed by atoms with E-state index in [-0.39, 0.29) is 18.3 Å². The van der Waals surface area contributed by atoms with Crippen LogP contribution in [0.4, 0.5) is 0 Å². The molecule has 1 aliphatic rings. The first-order valence-corrected chi connectivity index (χ1v) is 6.76. The average Bonchev–Trinajstić information content (AvgIpc) is 2.85. The van der Waals surface area contributed by atoms with Crippen molar-refractivity contribution in [2.24, 2.45) is 5.73 Å². The van der Waals surface area contributed by atoms with E-state index in [1.807, 2.05) is 25.1 Å². The summed E-state index contributed by atoms with van der Waals surface area (Å²) >= 11 is 0. The van der Waals surface area contributed by atoms with Crippen molar-refractivity contribution in [1.29, 1.82) is 0 Å². The lowest BCUT2D eigenvalue weighted by atomic mass is 9.98. The maximum absolute atomic E-state index is 12.1. The highest BCUT2D eigenvalue weighted by atomic mass is 35.5. The van der Waals surface area contributed by atoms with Crippen LogP contribution >= 0.6 is 12.4 Å². The normalized spacial score (nSPS) is 16.4. The molecule has 0 saturated heterocycles. The van der Waals surface area contributed by atoms with Gasteiger partial charge in [-0.25, -0.2) is 0 Å². The van der Waals surface area contributed by atoms with E-state index >= 15 is 0 Å². The molecule has 1 aromatic rings. The summed E-state index contributed by atoms with van der Waals surface area (Å²) in [6.45, 7) is 2.47. The van der Waals surface area contributed by atoms with Gasteiger partial charge in [-0.15, -0.1) is 12.4 Å². The second-order valence-corrected chi connectivity index (χ2v) is 5.36. The second-order valence-electron chi connectivity index (χ2n) is 5.36. The number of aryl methyl sites for hydroxylation is 1. The monoisotopic (exact) mass is 298 g/mol. The van der Waals surface area contributed by atoms with Crippen LogP contribution in [0.1, 0.15) is 36.8 Å². The number of halogens is 1. The van der Waals surface area contributed by atoms with Crippen LogP contribution in [0.25, 0.3) is 0 Å². The first-order valence-electron chi connectivity index (χ1n) is 6.76. The van der Waals surface area contributed by atoms with Crippen molar-refractivity contribution in [3.05, 3.63) is 29.3 Å². The van der Waals surface area contributed by atoms with Crippen molar-refractivity contribution < 1.29 is 9.53 Å². The molecular formula is C15H23ClN2O2. The van der Waals surface area contributed by atoms with E-state index in [0.29, 0.717) is 6.54 Å². The number of methoxy groups -OCH3 is 1. The maximum atomic E-state index is 12.1. The Bertz CT molecular complexity index is 471. The SMILES string of the molecule is COc1cc(C)ccc1CNC(=O)C1(N)CCCC1.Cl. The van der Waals surface area contributed by atoms with Crippen LogP contribution in [0.5, 0.6) is 5.75 Å². The van der Waals surface area contributed by atoms with Crippen molar-refractivity contribution in [3.8, 4) is 5.75 Å². The Morgan fingerprint density at radius 3 is 2.65 bits per heavy atom. The van der Waals surface area contributed by atoms with Gasteiger partial charge in [0.1, 0.15) is 5.75 Å². The summed E-state index contributed by atoms with van der Waals surface area (Å²) < 4.78 is 5.33. The maximum Gasteiger partial charge on any atom is 0.240 e. The number of carbonyl (C=O) groups is 1. The first kappa shape index (κ1) is 16.8. The summed E-state index contributed by atoms with van der Waals surface area (Å²) in [6, 6.07) is 5.96. The molecule has 0 bridgehead atoms. The van der Waals surface area contributed by atoms with Crippen LogP contribution in [0.2, 0.25) is 0 Å². The first-order chi connectivity index (χ1) is 9.05. The number of hydrogen-bond donors (Lipinski definition) is 2.